The molecule has 28 heavy (non-hydrogen) atoms. The van der Waals surface area contributed by atoms with Crippen molar-refractivity contribution in [3.8, 4) is 17.4 Å². The summed E-state index contributed by atoms with van der Waals surface area (Å²) in [6.45, 7) is 2.82. The van der Waals surface area contributed by atoms with Crippen LogP contribution in [-0.4, -0.2) is 44.6 Å². The Hall–Kier alpha value is -2.93. The lowest BCUT2D eigenvalue weighted by molar-refractivity contribution is 0.191. The van der Waals surface area contributed by atoms with E-state index < -0.39 is 0 Å². The minimum Gasteiger partial charge on any atom is -0.497 e. The van der Waals surface area contributed by atoms with Crippen molar-refractivity contribution in [1.29, 1.82) is 0 Å². The number of piperidine rings is 1. The van der Waals surface area contributed by atoms with E-state index in [-0.39, 0.29) is 5.92 Å². The Labute approximate surface area is 165 Å². The summed E-state index contributed by atoms with van der Waals surface area (Å²) in [5.74, 6) is 3.37. The van der Waals surface area contributed by atoms with Gasteiger partial charge in [-0.15, -0.1) is 0 Å². The van der Waals surface area contributed by atoms with Crippen LogP contribution in [0.15, 0.2) is 49.1 Å². The lowest BCUT2D eigenvalue weighted by Gasteiger charge is -2.32. The summed E-state index contributed by atoms with van der Waals surface area (Å²) in [6, 6.07) is 7.54. The first kappa shape index (κ1) is 18.4. The first-order valence-electron chi connectivity index (χ1n) is 9.54. The van der Waals surface area contributed by atoms with Crippen molar-refractivity contribution in [2.24, 2.45) is 7.05 Å². The van der Waals surface area contributed by atoms with Crippen LogP contribution in [0.4, 0.5) is 0 Å². The number of likely N-dealkylation sites (tertiary alicyclic amines) is 1. The first-order chi connectivity index (χ1) is 13.7. The molecule has 3 heterocycles. The molecule has 2 aromatic heterocycles. The molecule has 0 bridgehead atoms. The molecule has 0 aliphatic carbocycles. The first-order valence-corrected chi connectivity index (χ1v) is 9.54. The van der Waals surface area contributed by atoms with Gasteiger partial charge in [-0.05, 0) is 31.5 Å². The zero-order valence-electron chi connectivity index (χ0n) is 16.3. The zero-order valence-corrected chi connectivity index (χ0v) is 16.3. The smallest absolute Gasteiger partial charge is 0.241 e. The molecule has 1 fully saturated rings. The third kappa shape index (κ3) is 4.14. The lowest BCUT2D eigenvalue weighted by atomic mass is 9.94. The van der Waals surface area contributed by atoms with Crippen LogP contribution in [0, 0.1) is 0 Å². The Morgan fingerprint density at radius 3 is 2.79 bits per heavy atom. The molecule has 7 nitrogen and oxygen atoms in total. The van der Waals surface area contributed by atoms with Crippen molar-refractivity contribution < 1.29 is 9.47 Å². The maximum atomic E-state index is 6.08. The fourth-order valence-corrected chi connectivity index (χ4v) is 3.64. The molecule has 146 valence electrons. The molecule has 1 aromatic carbocycles. The number of ether oxygens (including phenoxy) is 2. The highest BCUT2D eigenvalue weighted by Crippen LogP contribution is 2.33. The summed E-state index contributed by atoms with van der Waals surface area (Å²) in [5.41, 5.74) is 0.912. The van der Waals surface area contributed by atoms with E-state index in [1.807, 2.05) is 43.7 Å². The summed E-state index contributed by atoms with van der Waals surface area (Å²) < 4.78 is 13.4. The summed E-state index contributed by atoms with van der Waals surface area (Å²) in [5, 5.41) is 0. The second-order valence-corrected chi connectivity index (χ2v) is 7.06. The van der Waals surface area contributed by atoms with Crippen molar-refractivity contribution in [3.05, 3.63) is 60.6 Å². The van der Waals surface area contributed by atoms with E-state index >= 15 is 0 Å². The van der Waals surface area contributed by atoms with E-state index in [9.17, 15) is 0 Å². The largest absolute Gasteiger partial charge is 0.497 e. The molecule has 0 unspecified atom stereocenters. The lowest BCUT2D eigenvalue weighted by Crippen LogP contribution is -2.35. The van der Waals surface area contributed by atoms with Crippen LogP contribution >= 0.6 is 0 Å². The number of aromatic nitrogens is 4. The predicted molar refractivity (Wildman–Crippen MR) is 106 cm³/mol. The molecule has 1 aliphatic heterocycles. The fraction of sp³-hybridized carbons (Fsp3) is 0.381. The highest BCUT2D eigenvalue weighted by molar-refractivity contribution is 5.36. The molecule has 7 heteroatoms. The van der Waals surface area contributed by atoms with E-state index in [1.54, 1.807) is 19.5 Å². The van der Waals surface area contributed by atoms with E-state index in [0.717, 1.165) is 49.7 Å². The Morgan fingerprint density at radius 2 is 1.96 bits per heavy atom. The summed E-state index contributed by atoms with van der Waals surface area (Å²) in [7, 11) is 3.68. The number of aryl methyl sites for hydroxylation is 1. The van der Waals surface area contributed by atoms with Gasteiger partial charge in [-0.3, -0.25) is 9.88 Å². The van der Waals surface area contributed by atoms with Crippen molar-refractivity contribution in [2.75, 3.05) is 20.2 Å². The van der Waals surface area contributed by atoms with Gasteiger partial charge < -0.3 is 14.0 Å². The number of nitrogens with zero attached hydrogens (tertiary/aromatic N) is 5. The summed E-state index contributed by atoms with van der Waals surface area (Å²) >= 11 is 0. The molecular weight excluding hydrogens is 354 g/mol. The minimum atomic E-state index is 0.281. The number of hydrogen-bond donors (Lipinski definition) is 0. The van der Waals surface area contributed by atoms with Crippen LogP contribution in [0.1, 0.15) is 30.3 Å². The van der Waals surface area contributed by atoms with Gasteiger partial charge in [0.05, 0.1) is 13.7 Å². The maximum absolute atomic E-state index is 6.08. The van der Waals surface area contributed by atoms with Crippen LogP contribution in [0.3, 0.4) is 0 Å². The Morgan fingerprint density at radius 1 is 1.11 bits per heavy atom. The van der Waals surface area contributed by atoms with E-state index in [2.05, 4.69) is 24.4 Å². The minimum absolute atomic E-state index is 0.281. The van der Waals surface area contributed by atoms with Gasteiger partial charge in [0, 0.05) is 50.4 Å². The van der Waals surface area contributed by atoms with E-state index in [4.69, 9.17) is 9.47 Å². The van der Waals surface area contributed by atoms with Gasteiger partial charge in [0.15, 0.2) is 0 Å². The molecule has 1 atom stereocenters. The van der Waals surface area contributed by atoms with Crippen LogP contribution in [0.25, 0.3) is 0 Å². The number of imidazole rings is 1. The average molecular weight is 379 g/mol. The molecule has 0 N–H and O–H groups in total. The van der Waals surface area contributed by atoms with Gasteiger partial charge in [0.2, 0.25) is 5.88 Å². The quantitative estimate of drug-likeness (QED) is 0.654. The normalized spacial score (nSPS) is 17.4. The average Bonchev–Trinajstić information content (AvgIpc) is 3.13. The third-order valence-corrected chi connectivity index (χ3v) is 5.13. The van der Waals surface area contributed by atoms with Crippen LogP contribution in [0.5, 0.6) is 17.4 Å². The van der Waals surface area contributed by atoms with E-state index in [1.165, 1.54) is 0 Å². The Bertz CT molecular complexity index is 926. The van der Waals surface area contributed by atoms with Gasteiger partial charge in [-0.2, -0.15) is 0 Å². The van der Waals surface area contributed by atoms with Crippen molar-refractivity contribution in [1.82, 2.24) is 24.4 Å². The number of benzene rings is 1. The highest BCUT2D eigenvalue weighted by atomic mass is 16.5. The Balaban J connectivity index is 1.51. The summed E-state index contributed by atoms with van der Waals surface area (Å²) in [6.07, 6.45) is 9.44. The van der Waals surface area contributed by atoms with Crippen molar-refractivity contribution >= 4 is 0 Å². The van der Waals surface area contributed by atoms with Crippen LogP contribution < -0.4 is 9.47 Å². The molecule has 0 saturated carbocycles. The molecular formula is C21H25N5O2. The maximum Gasteiger partial charge on any atom is 0.241 e. The van der Waals surface area contributed by atoms with Crippen molar-refractivity contribution in [3.63, 3.8) is 0 Å². The summed E-state index contributed by atoms with van der Waals surface area (Å²) in [4.78, 5) is 16.0. The highest BCUT2D eigenvalue weighted by Gasteiger charge is 2.26. The predicted octanol–water partition coefficient (Wildman–Crippen LogP) is 3.39. The molecule has 1 aliphatic rings. The van der Waals surface area contributed by atoms with Gasteiger partial charge in [0.25, 0.3) is 0 Å². The van der Waals surface area contributed by atoms with Gasteiger partial charge in [-0.25, -0.2) is 9.97 Å². The number of methoxy groups -OCH3 is 1. The molecule has 0 spiro atoms. The third-order valence-electron chi connectivity index (χ3n) is 5.13. The molecule has 1 saturated heterocycles. The second kappa shape index (κ2) is 8.39. The van der Waals surface area contributed by atoms with Gasteiger partial charge >= 0.3 is 0 Å². The Kier molecular flexibility index (Phi) is 5.53. The SMILES string of the molecule is COc1cccc(Oc2nccnc2[C@H]2CCCN(Cc3nccn3C)C2)c1. The molecule has 3 aromatic rings. The van der Waals surface area contributed by atoms with Crippen LogP contribution in [-0.2, 0) is 13.6 Å². The monoisotopic (exact) mass is 379 g/mol. The van der Waals surface area contributed by atoms with E-state index in [0.29, 0.717) is 11.6 Å². The zero-order chi connectivity index (χ0) is 19.3. The number of rotatable bonds is 6. The number of hydrogen-bond acceptors (Lipinski definition) is 6. The van der Waals surface area contributed by atoms with Crippen molar-refractivity contribution in [2.45, 2.75) is 25.3 Å². The molecule has 4 rings (SSSR count). The molecule has 0 amide bonds. The van der Waals surface area contributed by atoms with Gasteiger partial charge in [0.1, 0.15) is 23.0 Å². The molecule has 0 radical (unpaired) electrons. The van der Waals surface area contributed by atoms with Crippen LogP contribution in [0.2, 0.25) is 0 Å². The second-order valence-electron chi connectivity index (χ2n) is 7.06. The fourth-order valence-electron chi connectivity index (χ4n) is 3.64. The standard InChI is InChI=1S/C21H25N5O2/c1-25-12-10-22-19(25)15-26-11-4-5-16(14-26)20-21(24-9-8-23-20)28-18-7-3-6-17(13-18)27-2/h3,6-10,12-13,16H,4-5,11,14-15H2,1-2H3/t16-/m0/s1. The van der Waals surface area contributed by atoms with Gasteiger partial charge in [-0.1, -0.05) is 6.07 Å². The topological polar surface area (TPSA) is 65.3 Å².